The van der Waals surface area contributed by atoms with Gasteiger partial charge in [0.2, 0.25) is 0 Å². The van der Waals surface area contributed by atoms with E-state index in [0.717, 1.165) is 25.7 Å². The molecule has 0 spiro atoms. The van der Waals surface area contributed by atoms with Crippen LogP contribution in [0.1, 0.15) is 93.1 Å². The van der Waals surface area contributed by atoms with E-state index >= 15 is 0 Å². The van der Waals surface area contributed by atoms with Crippen LogP contribution in [0.4, 0.5) is 0 Å². The molecular formula is C38H70O6Si2. The van der Waals surface area contributed by atoms with Gasteiger partial charge in [0, 0.05) is 32.7 Å². The molecule has 0 N–H and O–H groups in total. The summed E-state index contributed by atoms with van der Waals surface area (Å²) in [7, 11) is -2.51. The van der Waals surface area contributed by atoms with E-state index in [2.05, 4.69) is 106 Å². The molecular weight excluding hydrogens is 609 g/mol. The van der Waals surface area contributed by atoms with Crippen LogP contribution in [0.3, 0.4) is 0 Å². The molecule has 1 aromatic rings. The van der Waals surface area contributed by atoms with Crippen LogP contribution >= 0.6 is 0 Å². The highest BCUT2D eigenvalue weighted by molar-refractivity contribution is 6.74. The van der Waals surface area contributed by atoms with Crippen LogP contribution in [-0.2, 0) is 34.5 Å². The van der Waals surface area contributed by atoms with Gasteiger partial charge in [0.05, 0.1) is 19.3 Å². The molecule has 0 saturated carbocycles. The van der Waals surface area contributed by atoms with E-state index in [9.17, 15) is 4.79 Å². The number of benzene rings is 1. The van der Waals surface area contributed by atoms with Gasteiger partial charge in [-0.25, -0.2) is 0 Å². The molecule has 0 aliphatic carbocycles. The van der Waals surface area contributed by atoms with Gasteiger partial charge in [-0.2, -0.15) is 0 Å². The van der Waals surface area contributed by atoms with Gasteiger partial charge in [0.25, 0.3) is 0 Å². The van der Waals surface area contributed by atoms with E-state index in [-0.39, 0.29) is 33.8 Å². The van der Waals surface area contributed by atoms with Crippen LogP contribution in [0.5, 0.6) is 0 Å². The van der Waals surface area contributed by atoms with Gasteiger partial charge in [-0.3, -0.25) is 4.79 Å². The van der Waals surface area contributed by atoms with E-state index in [1.807, 2.05) is 18.2 Å². The minimum atomic E-state index is -2.16. The summed E-state index contributed by atoms with van der Waals surface area (Å²) >= 11 is 0. The Morgan fingerprint density at radius 2 is 1.50 bits per heavy atom. The Morgan fingerprint density at radius 1 is 0.870 bits per heavy atom. The first-order valence-electron chi connectivity index (χ1n) is 17.5. The maximum atomic E-state index is 14.2. The van der Waals surface area contributed by atoms with E-state index < -0.39 is 16.6 Å². The third-order valence-electron chi connectivity index (χ3n) is 9.91. The molecule has 6 nitrogen and oxygen atoms in total. The first-order chi connectivity index (χ1) is 21.3. The number of hydrogen-bond acceptors (Lipinski definition) is 6. The van der Waals surface area contributed by atoms with Crippen LogP contribution in [0, 0.1) is 17.8 Å². The van der Waals surface area contributed by atoms with Crippen LogP contribution in [0.25, 0.3) is 0 Å². The topological polar surface area (TPSA) is 63.2 Å². The van der Waals surface area contributed by atoms with Crippen molar-refractivity contribution in [1.82, 2.24) is 0 Å². The normalized spacial score (nSPS) is 16.0. The summed E-state index contributed by atoms with van der Waals surface area (Å²) in [5.41, 5.74) is 1.17. The van der Waals surface area contributed by atoms with Gasteiger partial charge in [-0.05, 0) is 79.3 Å². The molecule has 0 aliphatic rings. The molecule has 0 heterocycles. The molecule has 8 heteroatoms. The number of allylic oxidation sites excluding steroid dienone is 2. The standard InChI is InChI=1S/C38H70O6Si2/c1-31(27-42-30-40-9)21-16-14-19-24-34(39)36(32(2)28-43-45(10,11)37(3,4)5)35(44-46(12,13)38(6,7)8)25-20-26-41-29-33-22-17-15-18-23-33/h14-18,22-23,31-32,35-36H,19-21,24-30H2,1-13H3/b16-14-/t31-,32+,35+,36+/m0/s1. The highest BCUT2D eigenvalue weighted by atomic mass is 28.4. The number of methoxy groups -OCH3 is 1. The van der Waals surface area contributed by atoms with Crippen LogP contribution in [0.15, 0.2) is 42.5 Å². The highest BCUT2D eigenvalue weighted by Crippen LogP contribution is 2.41. The van der Waals surface area contributed by atoms with Crippen molar-refractivity contribution in [2.24, 2.45) is 17.8 Å². The second-order valence-electron chi connectivity index (χ2n) is 16.3. The zero-order valence-corrected chi connectivity index (χ0v) is 33.9. The summed E-state index contributed by atoms with van der Waals surface area (Å²) in [5, 5.41) is 0.145. The lowest BCUT2D eigenvalue weighted by Gasteiger charge is -2.43. The van der Waals surface area contributed by atoms with Gasteiger partial charge in [0.15, 0.2) is 16.6 Å². The van der Waals surface area contributed by atoms with Crippen molar-refractivity contribution < 1.29 is 27.9 Å². The molecule has 46 heavy (non-hydrogen) atoms. The summed E-state index contributed by atoms with van der Waals surface area (Å²) in [5.74, 6) is 0.488. The number of ether oxygens (including phenoxy) is 3. The minimum Gasteiger partial charge on any atom is -0.417 e. The number of rotatable bonds is 23. The quantitative estimate of drug-likeness (QED) is 0.0497. The van der Waals surface area contributed by atoms with Crippen molar-refractivity contribution >= 4 is 22.4 Å². The molecule has 0 aliphatic heterocycles. The Bertz CT molecular complexity index is 997. The van der Waals surface area contributed by atoms with Crippen molar-refractivity contribution in [2.45, 2.75) is 136 Å². The van der Waals surface area contributed by atoms with Crippen molar-refractivity contribution in [2.75, 3.05) is 33.7 Å². The number of carbonyl (C=O) groups is 1. The molecule has 266 valence electrons. The SMILES string of the molecule is COCOC[C@@H](C)C/C=C\CCC(=O)[C@@H]([C@H](C)CO[Si](C)(C)C(C)(C)C)[C@@H](CCCOCc1ccccc1)O[Si](C)(C)C(C)(C)C. The maximum Gasteiger partial charge on any atom is 0.192 e. The van der Waals surface area contributed by atoms with Crippen LogP contribution in [0.2, 0.25) is 36.3 Å². The summed E-state index contributed by atoms with van der Waals surface area (Å²) in [6.07, 6.45) is 7.93. The lowest BCUT2D eigenvalue weighted by atomic mass is 9.82. The van der Waals surface area contributed by atoms with E-state index in [1.54, 1.807) is 7.11 Å². The fourth-order valence-electron chi connectivity index (χ4n) is 4.81. The Balaban J connectivity index is 3.14. The number of ketones is 1. The van der Waals surface area contributed by atoms with Gasteiger partial charge >= 0.3 is 0 Å². The van der Waals surface area contributed by atoms with Crippen molar-refractivity contribution in [1.29, 1.82) is 0 Å². The third kappa shape index (κ3) is 15.8. The van der Waals surface area contributed by atoms with Gasteiger partial charge in [-0.15, -0.1) is 0 Å². The monoisotopic (exact) mass is 678 g/mol. The second-order valence-corrected chi connectivity index (χ2v) is 25.8. The first kappa shape index (κ1) is 42.9. The number of hydrogen-bond donors (Lipinski definition) is 0. The Kier molecular flexibility index (Phi) is 19.0. The lowest BCUT2D eigenvalue weighted by Crippen LogP contribution is -2.49. The average molecular weight is 679 g/mol. The molecule has 0 saturated heterocycles. The third-order valence-corrected chi connectivity index (χ3v) is 18.9. The summed E-state index contributed by atoms with van der Waals surface area (Å²) in [6, 6.07) is 10.3. The van der Waals surface area contributed by atoms with Crippen LogP contribution < -0.4 is 0 Å². The van der Waals surface area contributed by atoms with Crippen molar-refractivity contribution in [3.63, 3.8) is 0 Å². The first-order valence-corrected chi connectivity index (χ1v) is 23.3. The number of Topliss-reactive ketones (excluding diaryl/α,β-unsaturated/α-hetero) is 1. The van der Waals surface area contributed by atoms with E-state index in [4.69, 9.17) is 23.1 Å². The van der Waals surface area contributed by atoms with E-state index in [0.29, 0.717) is 45.6 Å². The van der Waals surface area contributed by atoms with Gasteiger partial charge < -0.3 is 23.1 Å². The average Bonchev–Trinajstić information content (AvgIpc) is 2.95. The van der Waals surface area contributed by atoms with Gasteiger partial charge in [0.1, 0.15) is 12.6 Å². The minimum absolute atomic E-state index is 0.0376. The lowest BCUT2D eigenvalue weighted by molar-refractivity contribution is -0.129. The zero-order valence-electron chi connectivity index (χ0n) is 31.9. The fraction of sp³-hybridized carbons (Fsp3) is 0.763. The fourth-order valence-corrected chi connectivity index (χ4v) is 7.30. The van der Waals surface area contributed by atoms with Crippen molar-refractivity contribution in [3.05, 3.63) is 48.0 Å². The predicted octanol–water partition coefficient (Wildman–Crippen LogP) is 10.2. The Morgan fingerprint density at radius 3 is 2.09 bits per heavy atom. The highest BCUT2D eigenvalue weighted by Gasteiger charge is 2.44. The molecule has 0 unspecified atom stereocenters. The summed E-state index contributed by atoms with van der Waals surface area (Å²) in [6.45, 7) is 29.9. The van der Waals surface area contributed by atoms with Gasteiger partial charge in [-0.1, -0.05) is 97.9 Å². The molecule has 4 atom stereocenters. The molecule has 0 amide bonds. The number of carbonyl (C=O) groups excluding carboxylic acids is 1. The largest absolute Gasteiger partial charge is 0.417 e. The molecule has 0 bridgehead atoms. The van der Waals surface area contributed by atoms with E-state index in [1.165, 1.54) is 5.56 Å². The predicted molar refractivity (Wildman–Crippen MR) is 198 cm³/mol. The molecule has 0 fully saturated rings. The second kappa shape index (κ2) is 20.4. The Hall–Kier alpha value is -1.14. The summed E-state index contributed by atoms with van der Waals surface area (Å²) in [4.78, 5) is 14.2. The summed E-state index contributed by atoms with van der Waals surface area (Å²) < 4.78 is 30.4. The Labute approximate surface area is 285 Å². The maximum absolute atomic E-state index is 14.2. The molecule has 1 rings (SSSR count). The molecule has 0 radical (unpaired) electrons. The zero-order chi connectivity index (χ0) is 35.0. The molecule has 1 aromatic carbocycles. The van der Waals surface area contributed by atoms with Crippen molar-refractivity contribution in [3.8, 4) is 0 Å². The van der Waals surface area contributed by atoms with Crippen LogP contribution in [-0.4, -0.2) is 62.2 Å². The molecule has 0 aromatic heterocycles. The smallest absolute Gasteiger partial charge is 0.192 e.